The molecule has 5 atom stereocenters. The van der Waals surface area contributed by atoms with Gasteiger partial charge in [-0.05, 0) is 64.3 Å². The van der Waals surface area contributed by atoms with Gasteiger partial charge in [0.15, 0.2) is 17.6 Å². The van der Waals surface area contributed by atoms with Crippen LogP contribution in [0.2, 0.25) is 0 Å². The second-order valence-corrected chi connectivity index (χ2v) is 12.4. The van der Waals surface area contributed by atoms with E-state index < -0.39 is 23.8 Å². The number of hydrogen-bond donors (Lipinski definition) is 1. The van der Waals surface area contributed by atoms with E-state index in [1.165, 1.54) is 13.8 Å². The molecule has 1 N–H and O–H groups in total. The Bertz CT molecular complexity index is 1270. The zero-order chi connectivity index (χ0) is 29.5. The average Bonchev–Trinajstić information content (AvgIpc) is 3.22. The molecule has 1 amide bonds. The standard InChI is InChI=1S/C31H40N2O8/c1-18(34)38-23-9-7-20-17-22-21-8-10-24(39-19(2)35)29-31(21,27(20)28(23)40-29)13-16-33(22)15-6-14-32-25(36)11-12-26(37)41-30(3,4)5/h7-10,21-22,24,29H,6,11-17H2,1-5H3,(H,32,36)/t21-,22?,24-,29-,31-/m0/s1. The van der Waals surface area contributed by atoms with E-state index in [0.717, 1.165) is 43.5 Å². The highest BCUT2D eigenvalue weighted by Gasteiger charge is 2.65. The summed E-state index contributed by atoms with van der Waals surface area (Å²) < 4.78 is 23.0. The van der Waals surface area contributed by atoms with Gasteiger partial charge in [-0.2, -0.15) is 0 Å². The molecule has 0 aromatic heterocycles. The molecular formula is C31H40N2O8. The van der Waals surface area contributed by atoms with Gasteiger partial charge < -0.3 is 24.3 Å². The van der Waals surface area contributed by atoms with Gasteiger partial charge in [-0.15, -0.1) is 0 Å². The van der Waals surface area contributed by atoms with Crippen molar-refractivity contribution in [1.29, 1.82) is 0 Å². The summed E-state index contributed by atoms with van der Waals surface area (Å²) in [7, 11) is 0. The molecule has 5 rings (SSSR count). The molecule has 1 spiro atoms. The van der Waals surface area contributed by atoms with Crippen LogP contribution in [-0.4, -0.2) is 72.2 Å². The van der Waals surface area contributed by atoms with Crippen molar-refractivity contribution < 1.29 is 38.1 Å². The molecule has 0 radical (unpaired) electrons. The Morgan fingerprint density at radius 1 is 1.10 bits per heavy atom. The van der Waals surface area contributed by atoms with Crippen LogP contribution in [0.4, 0.5) is 0 Å². The SMILES string of the molecule is CC(=O)Oc1ccc2c3c1O[C@H]1[C@@H](OC(C)=O)C=C[C@H]4C(C2)N(CCCNC(=O)CCC(=O)OC(C)(C)C)CC[C@@]341. The number of benzene rings is 1. The summed E-state index contributed by atoms with van der Waals surface area (Å²) in [6, 6.07) is 4.04. The predicted octanol–water partition coefficient (Wildman–Crippen LogP) is 2.99. The highest BCUT2D eigenvalue weighted by Crippen LogP contribution is 2.63. The molecule has 1 aromatic rings. The summed E-state index contributed by atoms with van der Waals surface area (Å²) >= 11 is 0. The minimum atomic E-state index is -0.564. The fourth-order valence-corrected chi connectivity index (χ4v) is 7.11. The Morgan fingerprint density at radius 2 is 1.88 bits per heavy atom. The molecule has 1 aromatic carbocycles. The van der Waals surface area contributed by atoms with Gasteiger partial charge in [-0.25, -0.2) is 0 Å². The van der Waals surface area contributed by atoms with E-state index in [4.69, 9.17) is 18.9 Å². The van der Waals surface area contributed by atoms with Crippen LogP contribution in [0, 0.1) is 5.92 Å². The molecule has 41 heavy (non-hydrogen) atoms. The Hall–Kier alpha value is -3.40. The Balaban J connectivity index is 1.27. The molecule has 4 aliphatic rings. The average molecular weight is 569 g/mol. The molecule has 2 aliphatic heterocycles. The second-order valence-electron chi connectivity index (χ2n) is 12.4. The molecule has 1 unspecified atom stereocenters. The van der Waals surface area contributed by atoms with Crippen molar-refractivity contribution >= 4 is 23.8 Å². The van der Waals surface area contributed by atoms with E-state index in [2.05, 4.69) is 16.3 Å². The Labute approximate surface area is 240 Å². The largest absolute Gasteiger partial charge is 0.481 e. The maximum absolute atomic E-state index is 12.3. The Morgan fingerprint density at radius 3 is 2.59 bits per heavy atom. The van der Waals surface area contributed by atoms with Crippen molar-refractivity contribution in [3.8, 4) is 11.5 Å². The molecule has 2 bridgehead atoms. The van der Waals surface area contributed by atoms with Gasteiger partial charge in [0.25, 0.3) is 0 Å². The maximum Gasteiger partial charge on any atom is 0.308 e. The van der Waals surface area contributed by atoms with E-state index in [1.807, 2.05) is 12.1 Å². The molecule has 10 heteroatoms. The molecule has 0 saturated carbocycles. The first-order valence-electron chi connectivity index (χ1n) is 14.5. The fraction of sp³-hybridized carbons (Fsp3) is 0.613. The zero-order valence-electron chi connectivity index (χ0n) is 24.5. The Kier molecular flexibility index (Phi) is 7.89. The van der Waals surface area contributed by atoms with Gasteiger partial charge in [0.1, 0.15) is 11.7 Å². The number of carbonyl (C=O) groups excluding carboxylic acids is 4. The lowest BCUT2D eigenvalue weighted by atomic mass is 9.53. The molecule has 2 aliphatic carbocycles. The van der Waals surface area contributed by atoms with Crippen molar-refractivity contribution in [3.05, 3.63) is 35.4 Å². The summed E-state index contributed by atoms with van der Waals surface area (Å²) in [6.07, 6.45) is 5.75. The van der Waals surface area contributed by atoms with Gasteiger partial charge in [0, 0.05) is 56.3 Å². The highest BCUT2D eigenvalue weighted by molar-refractivity contribution is 5.81. The van der Waals surface area contributed by atoms with Gasteiger partial charge >= 0.3 is 17.9 Å². The summed E-state index contributed by atoms with van der Waals surface area (Å²) in [5, 5.41) is 2.93. The fourth-order valence-electron chi connectivity index (χ4n) is 7.11. The third kappa shape index (κ3) is 5.71. The quantitative estimate of drug-likeness (QED) is 0.207. The van der Waals surface area contributed by atoms with Crippen molar-refractivity contribution in [2.75, 3.05) is 19.6 Å². The van der Waals surface area contributed by atoms with Crippen LogP contribution in [0.3, 0.4) is 0 Å². The van der Waals surface area contributed by atoms with Crippen LogP contribution in [-0.2, 0) is 40.5 Å². The topological polar surface area (TPSA) is 120 Å². The van der Waals surface area contributed by atoms with Gasteiger partial charge in [0.05, 0.1) is 6.42 Å². The second kappa shape index (κ2) is 11.1. The van der Waals surface area contributed by atoms with Crippen molar-refractivity contribution in [2.24, 2.45) is 5.92 Å². The van der Waals surface area contributed by atoms with Crippen molar-refractivity contribution in [2.45, 2.75) is 96.0 Å². The third-order valence-electron chi connectivity index (χ3n) is 8.43. The summed E-state index contributed by atoms with van der Waals surface area (Å²) in [5.41, 5.74) is 1.30. The summed E-state index contributed by atoms with van der Waals surface area (Å²) in [5.74, 6) is -0.178. The van der Waals surface area contributed by atoms with E-state index >= 15 is 0 Å². The number of esters is 3. The number of piperidine rings is 1. The van der Waals surface area contributed by atoms with Gasteiger partial charge in [-0.1, -0.05) is 12.1 Å². The minimum Gasteiger partial charge on any atom is -0.481 e. The van der Waals surface area contributed by atoms with E-state index in [1.54, 1.807) is 26.8 Å². The zero-order valence-corrected chi connectivity index (χ0v) is 24.5. The first-order valence-corrected chi connectivity index (χ1v) is 14.5. The molecule has 2 heterocycles. The monoisotopic (exact) mass is 568 g/mol. The lowest BCUT2D eigenvalue weighted by molar-refractivity contribution is -0.156. The number of ether oxygens (including phenoxy) is 4. The van der Waals surface area contributed by atoms with Gasteiger partial charge in [0.2, 0.25) is 5.91 Å². The lowest BCUT2D eigenvalue weighted by Gasteiger charge is -2.57. The van der Waals surface area contributed by atoms with Gasteiger partial charge in [-0.3, -0.25) is 24.1 Å². The van der Waals surface area contributed by atoms with E-state index in [-0.39, 0.29) is 48.1 Å². The maximum atomic E-state index is 12.3. The molecular weight excluding hydrogens is 528 g/mol. The number of hydrogen-bond acceptors (Lipinski definition) is 9. The predicted molar refractivity (Wildman–Crippen MR) is 148 cm³/mol. The van der Waals surface area contributed by atoms with Crippen LogP contribution >= 0.6 is 0 Å². The minimum absolute atomic E-state index is 0.0611. The van der Waals surface area contributed by atoms with Crippen LogP contribution in [0.15, 0.2) is 24.3 Å². The van der Waals surface area contributed by atoms with Crippen molar-refractivity contribution in [1.82, 2.24) is 10.2 Å². The van der Waals surface area contributed by atoms with E-state index in [0.29, 0.717) is 18.0 Å². The van der Waals surface area contributed by atoms with Crippen LogP contribution in [0.5, 0.6) is 11.5 Å². The number of amides is 1. The molecule has 1 fully saturated rings. The number of carbonyl (C=O) groups is 4. The van der Waals surface area contributed by atoms with Crippen LogP contribution in [0.1, 0.15) is 71.4 Å². The molecule has 1 saturated heterocycles. The van der Waals surface area contributed by atoms with E-state index in [9.17, 15) is 19.2 Å². The summed E-state index contributed by atoms with van der Waals surface area (Å²) in [4.78, 5) is 50.4. The normalized spacial score (nSPS) is 27.3. The number of rotatable bonds is 9. The highest BCUT2D eigenvalue weighted by atomic mass is 16.6. The molecule has 222 valence electrons. The van der Waals surface area contributed by atoms with Crippen LogP contribution < -0.4 is 14.8 Å². The first-order chi connectivity index (χ1) is 19.4. The van der Waals surface area contributed by atoms with Crippen LogP contribution in [0.25, 0.3) is 0 Å². The number of nitrogens with one attached hydrogen (secondary N) is 1. The number of nitrogens with zero attached hydrogens (tertiary/aromatic N) is 1. The van der Waals surface area contributed by atoms with Crippen molar-refractivity contribution in [3.63, 3.8) is 0 Å². The smallest absolute Gasteiger partial charge is 0.308 e. The summed E-state index contributed by atoms with van der Waals surface area (Å²) in [6.45, 7) is 10.3. The lowest BCUT2D eigenvalue weighted by Crippen LogP contribution is -2.66. The first kappa shape index (κ1) is 29.1. The third-order valence-corrected chi connectivity index (χ3v) is 8.43. The number of likely N-dealkylation sites (tertiary alicyclic amines) is 1. The molecule has 10 nitrogen and oxygen atoms in total.